The lowest BCUT2D eigenvalue weighted by Gasteiger charge is -2.27. The fraction of sp³-hybridized carbons (Fsp3) is 0.769. The van der Waals surface area contributed by atoms with Crippen LogP contribution in [0.15, 0.2) is 12.2 Å². The van der Waals surface area contributed by atoms with Gasteiger partial charge in [0, 0.05) is 13.1 Å². The molecule has 0 spiro atoms. The number of nitrogens with zero attached hydrogens (tertiary/aromatic N) is 1. The van der Waals surface area contributed by atoms with E-state index in [1.54, 1.807) is 4.90 Å². The van der Waals surface area contributed by atoms with Crippen LogP contribution in [0.1, 0.15) is 40.5 Å². The summed E-state index contributed by atoms with van der Waals surface area (Å²) in [6.45, 7) is 12.9. The molecule has 3 nitrogen and oxygen atoms in total. The van der Waals surface area contributed by atoms with Gasteiger partial charge in [-0.2, -0.15) is 0 Å². The van der Waals surface area contributed by atoms with Crippen LogP contribution in [-0.4, -0.2) is 29.7 Å². The first-order valence-corrected chi connectivity index (χ1v) is 5.90. The Bertz CT molecular complexity index is 274. The van der Waals surface area contributed by atoms with Gasteiger partial charge in [0.05, 0.1) is 0 Å². The van der Waals surface area contributed by atoms with Gasteiger partial charge in [-0.25, -0.2) is 4.79 Å². The molecule has 1 fully saturated rings. The Morgan fingerprint density at radius 2 is 2.00 bits per heavy atom. The van der Waals surface area contributed by atoms with Crippen molar-refractivity contribution in [2.75, 3.05) is 13.1 Å². The summed E-state index contributed by atoms with van der Waals surface area (Å²) in [5.41, 5.74) is 0.569. The number of carbonyl (C=O) groups is 1. The minimum Gasteiger partial charge on any atom is -0.444 e. The van der Waals surface area contributed by atoms with E-state index in [-0.39, 0.29) is 6.09 Å². The summed E-state index contributed by atoms with van der Waals surface area (Å²) < 4.78 is 5.38. The molecule has 92 valence electrons. The van der Waals surface area contributed by atoms with Crippen LogP contribution in [-0.2, 0) is 4.74 Å². The first kappa shape index (κ1) is 13.1. The maximum atomic E-state index is 11.9. The van der Waals surface area contributed by atoms with E-state index in [4.69, 9.17) is 4.74 Å². The summed E-state index contributed by atoms with van der Waals surface area (Å²) in [6, 6.07) is 0. The second kappa shape index (κ2) is 4.89. The lowest BCUT2D eigenvalue weighted by molar-refractivity contribution is 0.0258. The highest BCUT2D eigenvalue weighted by Crippen LogP contribution is 2.30. The summed E-state index contributed by atoms with van der Waals surface area (Å²) >= 11 is 0. The number of amides is 1. The van der Waals surface area contributed by atoms with Crippen molar-refractivity contribution in [2.24, 2.45) is 5.92 Å². The second-order valence-corrected chi connectivity index (χ2v) is 5.76. The number of ether oxygens (including phenoxy) is 1. The van der Waals surface area contributed by atoms with Gasteiger partial charge in [-0.1, -0.05) is 12.2 Å². The summed E-state index contributed by atoms with van der Waals surface area (Å²) in [6.07, 6.45) is 2.24. The van der Waals surface area contributed by atoms with Crippen LogP contribution < -0.4 is 0 Å². The zero-order chi connectivity index (χ0) is 12.3. The van der Waals surface area contributed by atoms with E-state index in [0.717, 1.165) is 12.1 Å². The van der Waals surface area contributed by atoms with Crippen molar-refractivity contribution in [3.63, 3.8) is 0 Å². The molecule has 0 aliphatic heterocycles. The van der Waals surface area contributed by atoms with Gasteiger partial charge >= 0.3 is 6.09 Å². The van der Waals surface area contributed by atoms with Crippen LogP contribution in [0.2, 0.25) is 0 Å². The Labute approximate surface area is 98.5 Å². The van der Waals surface area contributed by atoms with Crippen LogP contribution in [0.3, 0.4) is 0 Å². The Hall–Kier alpha value is -0.990. The van der Waals surface area contributed by atoms with Gasteiger partial charge in [-0.3, -0.25) is 0 Å². The number of hydrogen-bond donors (Lipinski definition) is 0. The van der Waals surface area contributed by atoms with Gasteiger partial charge < -0.3 is 9.64 Å². The maximum absolute atomic E-state index is 11.9. The van der Waals surface area contributed by atoms with Gasteiger partial charge in [-0.05, 0) is 46.5 Å². The average molecular weight is 225 g/mol. The third-order valence-electron chi connectivity index (χ3n) is 2.29. The standard InChI is InChI=1S/C13H23NO2/c1-10(2)8-14(9-11-6-7-11)12(15)16-13(3,4)5/h11H,1,6-9H2,2-5H3. The Morgan fingerprint density at radius 3 is 2.38 bits per heavy atom. The second-order valence-electron chi connectivity index (χ2n) is 5.76. The molecule has 0 radical (unpaired) electrons. The maximum Gasteiger partial charge on any atom is 0.410 e. The molecule has 1 amide bonds. The molecule has 1 aliphatic carbocycles. The van der Waals surface area contributed by atoms with Crippen molar-refractivity contribution >= 4 is 6.09 Å². The molecule has 16 heavy (non-hydrogen) atoms. The molecule has 1 saturated carbocycles. The molecule has 0 bridgehead atoms. The molecule has 0 N–H and O–H groups in total. The predicted octanol–water partition coefficient (Wildman–Crippen LogP) is 3.21. The quantitative estimate of drug-likeness (QED) is 0.688. The van der Waals surface area contributed by atoms with E-state index in [1.807, 2.05) is 27.7 Å². The Kier molecular flexibility index (Phi) is 4.00. The van der Waals surface area contributed by atoms with Crippen LogP contribution in [0.4, 0.5) is 4.79 Å². The third kappa shape index (κ3) is 5.19. The highest BCUT2D eigenvalue weighted by Gasteiger charge is 2.29. The Morgan fingerprint density at radius 1 is 1.44 bits per heavy atom. The smallest absolute Gasteiger partial charge is 0.410 e. The zero-order valence-corrected chi connectivity index (χ0v) is 10.9. The van der Waals surface area contributed by atoms with Crippen LogP contribution in [0, 0.1) is 5.92 Å². The van der Waals surface area contributed by atoms with Crippen molar-refractivity contribution in [1.82, 2.24) is 4.90 Å². The van der Waals surface area contributed by atoms with Gasteiger partial charge in [0.25, 0.3) is 0 Å². The van der Waals surface area contributed by atoms with E-state index in [1.165, 1.54) is 12.8 Å². The summed E-state index contributed by atoms with van der Waals surface area (Å²) in [5, 5.41) is 0. The van der Waals surface area contributed by atoms with Gasteiger partial charge in [0.15, 0.2) is 0 Å². The minimum absolute atomic E-state index is 0.220. The molecule has 1 rings (SSSR count). The normalized spacial score (nSPS) is 15.8. The van der Waals surface area contributed by atoms with Gasteiger partial charge in [0.2, 0.25) is 0 Å². The topological polar surface area (TPSA) is 29.5 Å². The molecule has 0 aromatic rings. The van der Waals surface area contributed by atoms with Gasteiger partial charge in [0.1, 0.15) is 5.60 Å². The molecule has 0 heterocycles. The number of rotatable bonds is 4. The molecule has 0 atom stereocenters. The molecule has 0 unspecified atom stereocenters. The monoisotopic (exact) mass is 225 g/mol. The first-order chi connectivity index (χ1) is 7.28. The van der Waals surface area contributed by atoms with Crippen molar-refractivity contribution < 1.29 is 9.53 Å². The fourth-order valence-electron chi connectivity index (χ4n) is 1.47. The molecular formula is C13H23NO2. The van der Waals surface area contributed by atoms with E-state index in [2.05, 4.69) is 6.58 Å². The van der Waals surface area contributed by atoms with Crippen LogP contribution >= 0.6 is 0 Å². The van der Waals surface area contributed by atoms with E-state index < -0.39 is 5.60 Å². The van der Waals surface area contributed by atoms with Crippen LogP contribution in [0.5, 0.6) is 0 Å². The summed E-state index contributed by atoms with van der Waals surface area (Å²) in [5.74, 6) is 0.673. The average Bonchev–Trinajstić information content (AvgIpc) is 2.82. The van der Waals surface area contributed by atoms with Crippen molar-refractivity contribution in [3.8, 4) is 0 Å². The lowest BCUT2D eigenvalue weighted by atomic mass is 10.2. The minimum atomic E-state index is -0.423. The number of carbonyl (C=O) groups excluding carboxylic acids is 1. The van der Waals surface area contributed by atoms with Crippen LogP contribution in [0.25, 0.3) is 0 Å². The van der Waals surface area contributed by atoms with E-state index in [0.29, 0.717) is 12.5 Å². The summed E-state index contributed by atoms with van der Waals surface area (Å²) in [4.78, 5) is 13.7. The van der Waals surface area contributed by atoms with E-state index >= 15 is 0 Å². The highest BCUT2D eigenvalue weighted by atomic mass is 16.6. The molecule has 0 aromatic carbocycles. The number of hydrogen-bond acceptors (Lipinski definition) is 2. The van der Waals surface area contributed by atoms with Gasteiger partial charge in [-0.15, -0.1) is 0 Å². The lowest BCUT2D eigenvalue weighted by Crippen LogP contribution is -2.38. The van der Waals surface area contributed by atoms with Crippen molar-refractivity contribution in [1.29, 1.82) is 0 Å². The molecule has 0 aromatic heterocycles. The Balaban J connectivity index is 2.52. The molecule has 1 aliphatic rings. The molecular weight excluding hydrogens is 202 g/mol. The zero-order valence-electron chi connectivity index (χ0n) is 10.9. The molecule has 3 heteroatoms. The predicted molar refractivity (Wildman–Crippen MR) is 65.3 cm³/mol. The van der Waals surface area contributed by atoms with Crippen molar-refractivity contribution in [2.45, 2.75) is 46.1 Å². The largest absolute Gasteiger partial charge is 0.444 e. The highest BCUT2D eigenvalue weighted by molar-refractivity contribution is 5.68. The van der Waals surface area contributed by atoms with Crippen molar-refractivity contribution in [3.05, 3.63) is 12.2 Å². The van der Waals surface area contributed by atoms with E-state index in [9.17, 15) is 4.79 Å². The third-order valence-corrected chi connectivity index (χ3v) is 2.29. The SMILES string of the molecule is C=C(C)CN(CC1CC1)C(=O)OC(C)(C)C. The first-order valence-electron chi connectivity index (χ1n) is 5.90. The molecule has 0 saturated heterocycles. The summed E-state index contributed by atoms with van der Waals surface area (Å²) in [7, 11) is 0. The fourth-order valence-corrected chi connectivity index (χ4v) is 1.47.